The fourth-order valence-corrected chi connectivity index (χ4v) is 2.40. The summed E-state index contributed by atoms with van der Waals surface area (Å²) >= 11 is 0. The van der Waals surface area contributed by atoms with Crippen LogP contribution in [0.25, 0.3) is 11.4 Å². The number of nitrogens with zero attached hydrogens (tertiary/aromatic N) is 2. The molecular formula is C19H22N2O3. The standard InChI is InChI=1S/C19H22N2O3/c1-3-24-19(23)13-16(22)6-4-5-15-8-10-21-18(12-15)17-11-14(2)7-9-20-17/h7-12H,3-6,13H2,1-2H3. The quantitative estimate of drug-likeness (QED) is 0.550. The molecule has 0 fully saturated rings. The summed E-state index contributed by atoms with van der Waals surface area (Å²) in [4.78, 5) is 31.7. The summed E-state index contributed by atoms with van der Waals surface area (Å²) in [5.41, 5.74) is 3.91. The van der Waals surface area contributed by atoms with Crippen LogP contribution in [-0.2, 0) is 20.7 Å². The van der Waals surface area contributed by atoms with E-state index in [2.05, 4.69) is 9.97 Å². The number of Topliss-reactive ketones (excluding diaryl/α,β-unsaturated/α-hetero) is 1. The number of aromatic nitrogens is 2. The van der Waals surface area contributed by atoms with E-state index in [1.54, 1.807) is 19.3 Å². The molecule has 2 heterocycles. The van der Waals surface area contributed by atoms with Crippen molar-refractivity contribution in [3.8, 4) is 11.4 Å². The highest BCUT2D eigenvalue weighted by atomic mass is 16.5. The predicted molar refractivity (Wildman–Crippen MR) is 91.4 cm³/mol. The molecule has 5 heteroatoms. The van der Waals surface area contributed by atoms with Gasteiger partial charge >= 0.3 is 5.97 Å². The van der Waals surface area contributed by atoms with Crippen LogP contribution in [0, 0.1) is 6.92 Å². The Balaban J connectivity index is 1.89. The van der Waals surface area contributed by atoms with E-state index in [0.29, 0.717) is 19.4 Å². The first-order chi connectivity index (χ1) is 11.6. The molecule has 0 N–H and O–H groups in total. The topological polar surface area (TPSA) is 69.2 Å². The second-order valence-corrected chi connectivity index (χ2v) is 5.64. The predicted octanol–water partition coefficient (Wildman–Crippen LogP) is 3.30. The molecule has 0 bridgehead atoms. The number of ketones is 1. The van der Waals surface area contributed by atoms with Gasteiger partial charge in [0.05, 0.1) is 18.0 Å². The van der Waals surface area contributed by atoms with Gasteiger partial charge in [-0.1, -0.05) is 0 Å². The minimum atomic E-state index is -0.445. The number of carbonyl (C=O) groups excluding carboxylic acids is 2. The molecule has 0 spiro atoms. The first-order valence-corrected chi connectivity index (χ1v) is 8.13. The third kappa shape index (κ3) is 5.57. The monoisotopic (exact) mass is 326 g/mol. The molecule has 5 nitrogen and oxygen atoms in total. The lowest BCUT2D eigenvalue weighted by atomic mass is 10.0. The number of carbonyl (C=O) groups is 2. The van der Waals surface area contributed by atoms with Crippen LogP contribution in [0.2, 0.25) is 0 Å². The van der Waals surface area contributed by atoms with Crippen LogP contribution in [0.15, 0.2) is 36.7 Å². The van der Waals surface area contributed by atoms with Crippen molar-refractivity contribution in [3.05, 3.63) is 47.8 Å². The summed E-state index contributed by atoms with van der Waals surface area (Å²) in [6, 6.07) is 7.88. The summed E-state index contributed by atoms with van der Waals surface area (Å²) in [6.07, 6.45) is 5.23. The molecular weight excluding hydrogens is 304 g/mol. The van der Waals surface area contributed by atoms with Gasteiger partial charge in [0.1, 0.15) is 12.2 Å². The molecule has 0 aliphatic carbocycles. The van der Waals surface area contributed by atoms with Gasteiger partial charge in [0.2, 0.25) is 0 Å². The first kappa shape index (κ1) is 17.8. The molecule has 2 rings (SSSR count). The Bertz CT molecular complexity index is 713. The van der Waals surface area contributed by atoms with Crippen LogP contribution in [0.1, 0.15) is 37.3 Å². The number of hydrogen-bond acceptors (Lipinski definition) is 5. The SMILES string of the molecule is CCOC(=O)CC(=O)CCCc1ccnc(-c2cc(C)ccn2)c1. The molecule has 0 aliphatic heterocycles. The van der Waals surface area contributed by atoms with E-state index in [9.17, 15) is 9.59 Å². The number of esters is 1. The van der Waals surface area contributed by atoms with Crippen LogP contribution in [0.3, 0.4) is 0 Å². The van der Waals surface area contributed by atoms with Crippen LogP contribution < -0.4 is 0 Å². The number of rotatable bonds is 8. The van der Waals surface area contributed by atoms with Gasteiger partial charge in [-0.2, -0.15) is 0 Å². The molecule has 0 saturated heterocycles. The number of pyridine rings is 2. The zero-order valence-corrected chi connectivity index (χ0v) is 14.1. The average molecular weight is 326 g/mol. The molecule has 2 aromatic heterocycles. The maximum Gasteiger partial charge on any atom is 0.313 e. The summed E-state index contributed by atoms with van der Waals surface area (Å²) in [5.74, 6) is -0.526. The van der Waals surface area contributed by atoms with Crippen molar-refractivity contribution in [2.45, 2.75) is 39.5 Å². The summed E-state index contributed by atoms with van der Waals surface area (Å²) < 4.78 is 4.78. The Morgan fingerprint density at radius 2 is 1.79 bits per heavy atom. The molecule has 0 aliphatic rings. The van der Waals surface area contributed by atoms with Crippen molar-refractivity contribution in [1.29, 1.82) is 0 Å². The maximum absolute atomic E-state index is 11.7. The molecule has 0 amide bonds. The molecule has 0 atom stereocenters. The highest BCUT2D eigenvalue weighted by Crippen LogP contribution is 2.17. The molecule has 2 aromatic rings. The van der Waals surface area contributed by atoms with Crippen molar-refractivity contribution in [2.24, 2.45) is 0 Å². The number of hydrogen-bond donors (Lipinski definition) is 0. The van der Waals surface area contributed by atoms with Crippen molar-refractivity contribution < 1.29 is 14.3 Å². The van der Waals surface area contributed by atoms with E-state index >= 15 is 0 Å². The van der Waals surface area contributed by atoms with Crippen molar-refractivity contribution in [2.75, 3.05) is 6.61 Å². The smallest absolute Gasteiger partial charge is 0.313 e. The molecule has 0 unspecified atom stereocenters. The van der Waals surface area contributed by atoms with Gasteiger partial charge in [-0.05, 0) is 62.1 Å². The number of ether oxygens (including phenoxy) is 1. The normalized spacial score (nSPS) is 10.4. The van der Waals surface area contributed by atoms with E-state index in [1.807, 2.05) is 31.2 Å². The molecule has 0 saturated carbocycles. The van der Waals surface area contributed by atoms with Gasteiger partial charge in [0.15, 0.2) is 0 Å². The van der Waals surface area contributed by atoms with Gasteiger partial charge in [0.25, 0.3) is 0 Å². The van der Waals surface area contributed by atoms with Crippen molar-refractivity contribution >= 4 is 11.8 Å². The lowest BCUT2D eigenvalue weighted by molar-refractivity contribution is -0.145. The lowest BCUT2D eigenvalue weighted by Crippen LogP contribution is -2.11. The third-order valence-corrected chi connectivity index (χ3v) is 3.57. The van der Waals surface area contributed by atoms with Crippen LogP contribution in [0.4, 0.5) is 0 Å². The maximum atomic E-state index is 11.7. The van der Waals surface area contributed by atoms with Crippen molar-refractivity contribution in [3.63, 3.8) is 0 Å². The Morgan fingerprint density at radius 1 is 1.08 bits per heavy atom. The summed E-state index contributed by atoms with van der Waals surface area (Å²) in [5, 5.41) is 0. The van der Waals surface area contributed by atoms with E-state index in [4.69, 9.17) is 4.74 Å². The van der Waals surface area contributed by atoms with Gasteiger partial charge in [-0.25, -0.2) is 0 Å². The summed E-state index contributed by atoms with van der Waals surface area (Å²) in [7, 11) is 0. The Morgan fingerprint density at radius 3 is 2.50 bits per heavy atom. The largest absolute Gasteiger partial charge is 0.466 e. The zero-order valence-electron chi connectivity index (χ0n) is 14.1. The summed E-state index contributed by atoms with van der Waals surface area (Å²) in [6.45, 7) is 4.05. The highest BCUT2D eigenvalue weighted by Gasteiger charge is 2.10. The average Bonchev–Trinajstić information content (AvgIpc) is 2.55. The van der Waals surface area contributed by atoms with E-state index in [0.717, 1.165) is 28.9 Å². The Hall–Kier alpha value is -2.56. The lowest BCUT2D eigenvalue weighted by Gasteiger charge is -2.05. The van der Waals surface area contributed by atoms with Crippen molar-refractivity contribution in [1.82, 2.24) is 9.97 Å². The first-order valence-electron chi connectivity index (χ1n) is 8.13. The minimum Gasteiger partial charge on any atom is -0.466 e. The Kier molecular flexibility index (Phi) is 6.61. The van der Waals surface area contributed by atoms with Gasteiger partial charge in [0, 0.05) is 18.8 Å². The van der Waals surface area contributed by atoms with Gasteiger partial charge in [-0.15, -0.1) is 0 Å². The van der Waals surface area contributed by atoms with E-state index in [1.165, 1.54) is 0 Å². The van der Waals surface area contributed by atoms with Crippen LogP contribution in [-0.4, -0.2) is 28.3 Å². The fourth-order valence-electron chi connectivity index (χ4n) is 2.40. The zero-order chi connectivity index (χ0) is 17.4. The number of aryl methyl sites for hydroxylation is 2. The van der Waals surface area contributed by atoms with Gasteiger partial charge < -0.3 is 4.74 Å². The molecule has 126 valence electrons. The third-order valence-electron chi connectivity index (χ3n) is 3.57. The molecule has 0 aromatic carbocycles. The second kappa shape index (κ2) is 8.91. The molecule has 24 heavy (non-hydrogen) atoms. The second-order valence-electron chi connectivity index (χ2n) is 5.64. The minimum absolute atomic E-state index is 0.0805. The van der Waals surface area contributed by atoms with Crippen LogP contribution >= 0.6 is 0 Å². The van der Waals surface area contributed by atoms with Crippen LogP contribution in [0.5, 0.6) is 0 Å². The Labute approximate surface area is 142 Å². The van der Waals surface area contributed by atoms with E-state index in [-0.39, 0.29) is 12.2 Å². The van der Waals surface area contributed by atoms with Gasteiger partial charge in [-0.3, -0.25) is 19.6 Å². The van der Waals surface area contributed by atoms with E-state index < -0.39 is 5.97 Å². The fraction of sp³-hybridized carbons (Fsp3) is 0.368. The molecule has 0 radical (unpaired) electrons. The highest BCUT2D eigenvalue weighted by molar-refractivity contribution is 5.95.